The van der Waals surface area contributed by atoms with E-state index in [0.717, 1.165) is 23.2 Å². The Morgan fingerprint density at radius 1 is 1.28 bits per heavy atom. The number of nitriles is 1. The molecule has 0 fully saturated rings. The van der Waals surface area contributed by atoms with Crippen molar-refractivity contribution in [1.29, 1.82) is 5.26 Å². The van der Waals surface area contributed by atoms with Gasteiger partial charge in [0.1, 0.15) is 24.5 Å². The number of H-pyrrole nitrogens is 1. The molecule has 0 saturated heterocycles. The quantitative estimate of drug-likeness (QED) is 0.551. The molecule has 0 saturated carbocycles. The van der Waals surface area contributed by atoms with E-state index in [9.17, 15) is 5.11 Å². The molecule has 0 aliphatic heterocycles. The second-order valence-electron chi connectivity index (χ2n) is 7.06. The summed E-state index contributed by atoms with van der Waals surface area (Å²) in [6.45, 7) is 16.3. The van der Waals surface area contributed by atoms with Crippen LogP contribution in [0.1, 0.15) is 50.1 Å². The normalized spacial score (nSPS) is 11.6. The molecule has 0 bridgehead atoms. The minimum Gasteiger partial charge on any atom is -0.489 e. The SMILES string of the molecule is C=Cc1[nH]cc(CC(C)(C)NCC(O)COc2ccccc2C#N)c1C=C.CC. The summed E-state index contributed by atoms with van der Waals surface area (Å²) in [4.78, 5) is 3.20. The van der Waals surface area contributed by atoms with Gasteiger partial charge in [0, 0.05) is 29.5 Å². The van der Waals surface area contributed by atoms with E-state index in [1.807, 2.05) is 26.1 Å². The molecule has 1 aromatic heterocycles. The molecule has 5 nitrogen and oxygen atoms in total. The third kappa shape index (κ3) is 7.26. The summed E-state index contributed by atoms with van der Waals surface area (Å²) in [5.74, 6) is 0.484. The summed E-state index contributed by atoms with van der Waals surface area (Å²) in [7, 11) is 0. The monoisotopic (exact) mass is 395 g/mol. The number of ether oxygens (including phenoxy) is 1. The van der Waals surface area contributed by atoms with Gasteiger partial charge in [0.25, 0.3) is 0 Å². The predicted octanol–water partition coefficient (Wildman–Crippen LogP) is 4.55. The Morgan fingerprint density at radius 3 is 2.59 bits per heavy atom. The second kappa shape index (κ2) is 11.9. The molecule has 156 valence electrons. The molecule has 1 atom stereocenters. The van der Waals surface area contributed by atoms with Crippen molar-refractivity contribution < 1.29 is 9.84 Å². The lowest BCUT2D eigenvalue weighted by Gasteiger charge is -2.28. The third-order valence-corrected chi connectivity index (χ3v) is 4.33. The van der Waals surface area contributed by atoms with Crippen LogP contribution in [0.3, 0.4) is 0 Å². The molecule has 29 heavy (non-hydrogen) atoms. The number of aromatic nitrogens is 1. The Hall–Kier alpha value is -2.81. The maximum Gasteiger partial charge on any atom is 0.137 e. The number of hydrogen-bond acceptors (Lipinski definition) is 4. The minimum atomic E-state index is -0.690. The van der Waals surface area contributed by atoms with Crippen molar-refractivity contribution in [2.75, 3.05) is 13.2 Å². The highest BCUT2D eigenvalue weighted by Crippen LogP contribution is 2.22. The summed E-state index contributed by atoms with van der Waals surface area (Å²) < 4.78 is 5.59. The van der Waals surface area contributed by atoms with E-state index >= 15 is 0 Å². The number of rotatable bonds is 10. The van der Waals surface area contributed by atoms with Gasteiger partial charge >= 0.3 is 0 Å². The Bertz CT molecular complexity index is 831. The first-order chi connectivity index (χ1) is 13.9. The minimum absolute atomic E-state index is 0.116. The number of aliphatic hydroxyl groups is 1. The zero-order valence-electron chi connectivity index (χ0n) is 18.0. The zero-order chi connectivity index (χ0) is 21.9. The van der Waals surface area contributed by atoms with E-state index in [0.29, 0.717) is 17.9 Å². The Morgan fingerprint density at radius 2 is 1.97 bits per heavy atom. The molecule has 2 rings (SSSR count). The van der Waals surface area contributed by atoms with Gasteiger partial charge in [-0.1, -0.05) is 45.2 Å². The van der Waals surface area contributed by atoms with Crippen molar-refractivity contribution in [3.05, 3.63) is 66.0 Å². The maximum atomic E-state index is 10.2. The van der Waals surface area contributed by atoms with Gasteiger partial charge < -0.3 is 20.1 Å². The summed E-state index contributed by atoms with van der Waals surface area (Å²) in [6.07, 6.45) is 5.65. The molecule has 0 amide bonds. The van der Waals surface area contributed by atoms with Crippen molar-refractivity contribution in [2.45, 2.75) is 45.8 Å². The molecule has 1 heterocycles. The van der Waals surface area contributed by atoms with Gasteiger partial charge in [-0.2, -0.15) is 5.26 Å². The molecule has 1 unspecified atom stereocenters. The highest BCUT2D eigenvalue weighted by molar-refractivity contribution is 5.64. The Balaban J connectivity index is 0.00000204. The van der Waals surface area contributed by atoms with Crippen molar-refractivity contribution >= 4 is 12.2 Å². The predicted molar refractivity (Wildman–Crippen MR) is 121 cm³/mol. The number of nitrogens with one attached hydrogen (secondary N) is 2. The van der Waals surface area contributed by atoms with Crippen LogP contribution in [0.2, 0.25) is 0 Å². The Labute approximate surface area is 174 Å². The lowest BCUT2D eigenvalue weighted by molar-refractivity contribution is 0.0987. The molecule has 0 aliphatic rings. The number of aliphatic hydroxyl groups excluding tert-OH is 1. The van der Waals surface area contributed by atoms with Gasteiger partial charge in [0.05, 0.1) is 5.56 Å². The highest BCUT2D eigenvalue weighted by atomic mass is 16.5. The van der Waals surface area contributed by atoms with Crippen LogP contribution >= 0.6 is 0 Å². The second-order valence-corrected chi connectivity index (χ2v) is 7.06. The first-order valence-corrected chi connectivity index (χ1v) is 9.90. The fraction of sp³-hybridized carbons (Fsp3) is 0.375. The molecule has 1 aromatic carbocycles. The van der Waals surface area contributed by atoms with Crippen LogP contribution in [0, 0.1) is 11.3 Å². The third-order valence-electron chi connectivity index (χ3n) is 4.33. The molecule has 5 heteroatoms. The van der Waals surface area contributed by atoms with Crippen LogP contribution in [0.15, 0.2) is 43.6 Å². The van der Waals surface area contributed by atoms with Gasteiger partial charge in [0.2, 0.25) is 0 Å². The average Bonchev–Trinajstić information content (AvgIpc) is 3.13. The van der Waals surface area contributed by atoms with Gasteiger partial charge in [-0.15, -0.1) is 0 Å². The first kappa shape index (κ1) is 24.2. The van der Waals surface area contributed by atoms with Crippen molar-refractivity contribution in [2.24, 2.45) is 0 Å². The highest BCUT2D eigenvalue weighted by Gasteiger charge is 2.22. The fourth-order valence-electron chi connectivity index (χ4n) is 2.91. The van der Waals surface area contributed by atoms with Crippen LogP contribution in [-0.4, -0.2) is 34.9 Å². The van der Waals surface area contributed by atoms with E-state index in [4.69, 9.17) is 10.00 Å². The molecular formula is C24H33N3O2. The first-order valence-electron chi connectivity index (χ1n) is 9.90. The van der Waals surface area contributed by atoms with E-state index in [1.165, 1.54) is 0 Å². The van der Waals surface area contributed by atoms with Gasteiger partial charge in [-0.3, -0.25) is 0 Å². The number of β-amino-alcohol motifs (C(OH)–C–C–N with tert-alkyl or cyclic N) is 1. The fourth-order valence-corrected chi connectivity index (χ4v) is 2.91. The van der Waals surface area contributed by atoms with Crippen LogP contribution in [0.5, 0.6) is 5.75 Å². The number of aromatic amines is 1. The summed E-state index contributed by atoms with van der Waals surface area (Å²) in [6, 6.07) is 9.08. The van der Waals surface area contributed by atoms with Crippen LogP contribution in [-0.2, 0) is 6.42 Å². The number of benzene rings is 1. The van der Waals surface area contributed by atoms with E-state index in [-0.39, 0.29) is 12.1 Å². The van der Waals surface area contributed by atoms with Crippen molar-refractivity contribution in [3.63, 3.8) is 0 Å². The van der Waals surface area contributed by atoms with Gasteiger partial charge in [-0.05, 0) is 44.0 Å². The maximum absolute atomic E-state index is 10.2. The lowest BCUT2D eigenvalue weighted by Crippen LogP contribution is -2.46. The smallest absolute Gasteiger partial charge is 0.137 e. The molecule has 0 aliphatic carbocycles. The van der Waals surface area contributed by atoms with Crippen LogP contribution in [0.25, 0.3) is 12.2 Å². The number of nitrogens with zero attached hydrogens (tertiary/aromatic N) is 1. The van der Waals surface area contributed by atoms with Crippen LogP contribution < -0.4 is 10.1 Å². The summed E-state index contributed by atoms with van der Waals surface area (Å²) >= 11 is 0. The van der Waals surface area contributed by atoms with E-state index < -0.39 is 6.10 Å². The average molecular weight is 396 g/mol. The van der Waals surface area contributed by atoms with Gasteiger partial charge in [-0.25, -0.2) is 0 Å². The summed E-state index contributed by atoms with van der Waals surface area (Å²) in [5.41, 5.74) is 3.38. The number of hydrogen-bond donors (Lipinski definition) is 3. The van der Waals surface area contributed by atoms with E-state index in [1.54, 1.807) is 30.3 Å². The molecule has 0 radical (unpaired) electrons. The molecule has 3 N–H and O–H groups in total. The standard InChI is InChI=1S/C22H27N3O2.C2H6/c1-5-19-17(13-24-20(19)6-2)11-22(3,4)25-14-18(26)15-27-21-10-8-7-9-16(21)12-23;1-2/h5-10,13,18,24-26H,1-2,11,14-15H2,3-4H3;1-2H3. The molecular weight excluding hydrogens is 362 g/mol. The van der Waals surface area contributed by atoms with Crippen LogP contribution in [0.4, 0.5) is 0 Å². The zero-order valence-corrected chi connectivity index (χ0v) is 18.0. The van der Waals surface area contributed by atoms with E-state index in [2.05, 4.69) is 43.4 Å². The Kier molecular flexibility index (Phi) is 9.94. The molecule has 2 aromatic rings. The van der Waals surface area contributed by atoms with Crippen molar-refractivity contribution in [1.82, 2.24) is 10.3 Å². The largest absolute Gasteiger partial charge is 0.489 e. The lowest BCUT2D eigenvalue weighted by atomic mass is 9.93. The van der Waals surface area contributed by atoms with Crippen molar-refractivity contribution in [3.8, 4) is 11.8 Å². The van der Waals surface area contributed by atoms with Gasteiger partial charge in [0.15, 0.2) is 0 Å². The number of para-hydroxylation sites is 1. The summed E-state index contributed by atoms with van der Waals surface area (Å²) in [5, 5.41) is 22.7. The molecule has 0 spiro atoms. The topological polar surface area (TPSA) is 81.1 Å².